The number of hydrogen-bond acceptors (Lipinski definition) is 5. The first-order chi connectivity index (χ1) is 9.31. The van der Waals surface area contributed by atoms with Gasteiger partial charge in [0.1, 0.15) is 12.1 Å². The predicted molar refractivity (Wildman–Crippen MR) is 73.0 cm³/mol. The summed E-state index contributed by atoms with van der Waals surface area (Å²) in [4.78, 5) is 10.9. The molecule has 3 rings (SSSR count). The second kappa shape index (κ2) is 5.13. The van der Waals surface area contributed by atoms with Gasteiger partial charge in [-0.2, -0.15) is 5.10 Å². The second-order valence-corrected chi connectivity index (χ2v) is 5.06. The van der Waals surface area contributed by atoms with Crippen molar-refractivity contribution in [2.45, 2.75) is 31.7 Å². The summed E-state index contributed by atoms with van der Waals surface area (Å²) in [6.07, 6.45) is 8.25. The molecule has 1 fully saturated rings. The number of rotatable bonds is 4. The molecule has 1 aliphatic carbocycles. The van der Waals surface area contributed by atoms with Crippen LogP contribution in [0, 0.1) is 0 Å². The zero-order valence-electron chi connectivity index (χ0n) is 11.2. The van der Waals surface area contributed by atoms with Gasteiger partial charge in [-0.3, -0.25) is 4.68 Å². The molecule has 19 heavy (non-hydrogen) atoms. The normalized spacial score (nSPS) is 16.3. The Bertz CT molecular complexity index is 561. The summed E-state index contributed by atoms with van der Waals surface area (Å²) in [5.41, 5.74) is 0.839. The average Bonchev–Trinajstić information content (AvgIpc) is 3.06. The number of aromatic nitrogens is 4. The Morgan fingerprint density at radius 1 is 1.37 bits per heavy atom. The number of nitrogens with zero attached hydrogens (tertiary/aromatic N) is 5. The van der Waals surface area contributed by atoms with Crippen molar-refractivity contribution in [1.29, 1.82) is 0 Å². The molecular weight excluding hydrogens is 242 g/mol. The molecule has 0 spiro atoms. The fraction of sp³-hybridized carbons (Fsp3) is 0.615. The zero-order chi connectivity index (χ0) is 13.2. The number of aryl methyl sites for hydroxylation is 1. The highest BCUT2D eigenvalue weighted by Gasteiger charge is 2.25. The predicted octanol–water partition coefficient (Wildman–Crippen LogP) is 1.10. The van der Waals surface area contributed by atoms with Crippen LogP contribution in [-0.4, -0.2) is 44.0 Å². The Labute approximate surface area is 112 Å². The van der Waals surface area contributed by atoms with Gasteiger partial charge >= 0.3 is 0 Å². The lowest BCUT2D eigenvalue weighted by atomic mass is 10.2. The van der Waals surface area contributed by atoms with E-state index in [0.717, 1.165) is 16.9 Å². The van der Waals surface area contributed by atoms with Crippen molar-refractivity contribution < 1.29 is 5.11 Å². The van der Waals surface area contributed by atoms with E-state index >= 15 is 0 Å². The Morgan fingerprint density at radius 2 is 2.16 bits per heavy atom. The van der Waals surface area contributed by atoms with Gasteiger partial charge in [0.15, 0.2) is 5.65 Å². The topological polar surface area (TPSA) is 67.1 Å². The van der Waals surface area contributed by atoms with Crippen molar-refractivity contribution in [2.75, 3.05) is 18.1 Å². The van der Waals surface area contributed by atoms with E-state index in [0.29, 0.717) is 12.6 Å². The van der Waals surface area contributed by atoms with E-state index in [1.165, 1.54) is 25.7 Å². The van der Waals surface area contributed by atoms with Crippen LogP contribution < -0.4 is 4.90 Å². The monoisotopic (exact) mass is 261 g/mol. The highest BCUT2D eigenvalue weighted by atomic mass is 16.3. The summed E-state index contributed by atoms with van der Waals surface area (Å²) in [6.45, 7) is 0.758. The third-order valence-electron chi connectivity index (χ3n) is 3.89. The molecule has 6 nitrogen and oxygen atoms in total. The first-order valence-corrected chi connectivity index (χ1v) is 6.81. The van der Waals surface area contributed by atoms with E-state index in [-0.39, 0.29) is 6.61 Å². The minimum Gasteiger partial charge on any atom is -0.395 e. The third kappa shape index (κ3) is 2.16. The zero-order valence-corrected chi connectivity index (χ0v) is 11.2. The standard InChI is InChI=1S/C13H19N5O/c1-17-12-11(8-16-17)13(15-9-14-12)18(6-7-19)10-4-2-3-5-10/h8-10,19H,2-7H2,1H3. The van der Waals surface area contributed by atoms with Crippen molar-refractivity contribution in [3.63, 3.8) is 0 Å². The molecule has 0 unspecified atom stereocenters. The quantitative estimate of drug-likeness (QED) is 0.893. The van der Waals surface area contributed by atoms with Crippen molar-refractivity contribution in [1.82, 2.24) is 19.7 Å². The Morgan fingerprint density at radius 3 is 2.89 bits per heavy atom. The van der Waals surface area contributed by atoms with Crippen LogP contribution in [0.2, 0.25) is 0 Å². The molecule has 0 radical (unpaired) electrons. The summed E-state index contributed by atoms with van der Waals surface area (Å²) in [5, 5.41) is 14.5. The van der Waals surface area contributed by atoms with E-state index in [1.54, 1.807) is 11.0 Å². The average molecular weight is 261 g/mol. The second-order valence-electron chi connectivity index (χ2n) is 5.06. The van der Waals surface area contributed by atoms with Crippen molar-refractivity contribution in [2.24, 2.45) is 7.05 Å². The molecule has 0 aromatic carbocycles. The largest absolute Gasteiger partial charge is 0.395 e. The van der Waals surface area contributed by atoms with E-state index in [4.69, 9.17) is 0 Å². The molecule has 0 aliphatic heterocycles. The smallest absolute Gasteiger partial charge is 0.163 e. The third-order valence-corrected chi connectivity index (χ3v) is 3.89. The van der Waals surface area contributed by atoms with Gasteiger partial charge in [0, 0.05) is 19.6 Å². The highest BCUT2D eigenvalue weighted by molar-refractivity contribution is 5.86. The molecule has 0 saturated heterocycles. The van der Waals surface area contributed by atoms with E-state index < -0.39 is 0 Å². The fourth-order valence-corrected chi connectivity index (χ4v) is 2.96. The number of aliphatic hydroxyl groups excluding tert-OH is 1. The Hall–Kier alpha value is -1.69. The van der Waals surface area contributed by atoms with Gasteiger partial charge in [-0.05, 0) is 12.8 Å². The Kier molecular flexibility index (Phi) is 3.33. The molecule has 0 atom stereocenters. The van der Waals surface area contributed by atoms with Crippen LogP contribution in [0.15, 0.2) is 12.5 Å². The number of fused-ring (bicyclic) bond motifs is 1. The lowest BCUT2D eigenvalue weighted by Gasteiger charge is -2.29. The summed E-state index contributed by atoms with van der Waals surface area (Å²) in [7, 11) is 1.88. The summed E-state index contributed by atoms with van der Waals surface area (Å²) >= 11 is 0. The maximum absolute atomic E-state index is 9.33. The van der Waals surface area contributed by atoms with Gasteiger partial charge in [-0.1, -0.05) is 12.8 Å². The van der Waals surface area contributed by atoms with Gasteiger partial charge in [-0.15, -0.1) is 0 Å². The maximum Gasteiger partial charge on any atom is 0.163 e. The van der Waals surface area contributed by atoms with Crippen LogP contribution in [0.5, 0.6) is 0 Å². The maximum atomic E-state index is 9.33. The van der Waals surface area contributed by atoms with Gasteiger partial charge < -0.3 is 10.0 Å². The first-order valence-electron chi connectivity index (χ1n) is 6.81. The molecule has 1 saturated carbocycles. The molecule has 2 aromatic rings. The SMILES string of the molecule is Cn1ncc2c(N(CCO)C3CCCC3)ncnc21. The molecule has 1 aliphatic rings. The molecular formula is C13H19N5O. The lowest BCUT2D eigenvalue weighted by molar-refractivity contribution is 0.297. The summed E-state index contributed by atoms with van der Waals surface area (Å²) in [5.74, 6) is 0.902. The van der Waals surface area contributed by atoms with Crippen LogP contribution in [0.3, 0.4) is 0 Å². The molecule has 0 bridgehead atoms. The molecule has 0 amide bonds. The number of aliphatic hydroxyl groups is 1. The van der Waals surface area contributed by atoms with E-state index in [1.807, 2.05) is 13.2 Å². The van der Waals surface area contributed by atoms with Gasteiger partial charge in [0.2, 0.25) is 0 Å². The molecule has 2 aromatic heterocycles. The molecule has 2 heterocycles. The highest BCUT2D eigenvalue weighted by Crippen LogP contribution is 2.30. The van der Waals surface area contributed by atoms with Crippen molar-refractivity contribution in [3.8, 4) is 0 Å². The van der Waals surface area contributed by atoms with Crippen molar-refractivity contribution in [3.05, 3.63) is 12.5 Å². The molecule has 102 valence electrons. The van der Waals surface area contributed by atoms with Crippen LogP contribution in [0.1, 0.15) is 25.7 Å². The fourth-order valence-electron chi connectivity index (χ4n) is 2.96. The van der Waals surface area contributed by atoms with Crippen molar-refractivity contribution >= 4 is 16.9 Å². The van der Waals surface area contributed by atoms with Gasteiger partial charge in [0.25, 0.3) is 0 Å². The molecule has 1 N–H and O–H groups in total. The van der Waals surface area contributed by atoms with E-state index in [2.05, 4.69) is 20.0 Å². The minimum absolute atomic E-state index is 0.141. The Balaban J connectivity index is 2.03. The number of hydrogen-bond donors (Lipinski definition) is 1. The number of anilines is 1. The first kappa shape index (κ1) is 12.3. The van der Waals surface area contributed by atoms with Crippen LogP contribution in [0.4, 0.5) is 5.82 Å². The van der Waals surface area contributed by atoms with E-state index in [9.17, 15) is 5.11 Å². The summed E-state index contributed by atoms with van der Waals surface area (Å²) < 4.78 is 1.76. The van der Waals surface area contributed by atoms with Crippen LogP contribution in [-0.2, 0) is 7.05 Å². The summed E-state index contributed by atoms with van der Waals surface area (Å²) in [6, 6.07) is 0.477. The minimum atomic E-state index is 0.141. The molecule has 6 heteroatoms. The van der Waals surface area contributed by atoms with Crippen LogP contribution >= 0.6 is 0 Å². The van der Waals surface area contributed by atoms with Gasteiger partial charge in [0.05, 0.1) is 18.2 Å². The lowest BCUT2D eigenvalue weighted by Crippen LogP contribution is -2.36. The van der Waals surface area contributed by atoms with Crippen LogP contribution in [0.25, 0.3) is 11.0 Å². The van der Waals surface area contributed by atoms with Gasteiger partial charge in [-0.25, -0.2) is 9.97 Å².